The summed E-state index contributed by atoms with van der Waals surface area (Å²) in [4.78, 5) is 0. The van der Waals surface area contributed by atoms with Crippen LogP contribution in [0.5, 0.6) is 5.75 Å². The highest BCUT2D eigenvalue weighted by Gasteiger charge is 2.08. The third kappa shape index (κ3) is 2.51. The molecule has 4 heteroatoms. The molecule has 2 aromatic carbocycles. The lowest BCUT2D eigenvalue weighted by molar-refractivity contribution is 0.273. The van der Waals surface area contributed by atoms with Gasteiger partial charge in [0.25, 0.3) is 0 Å². The first-order chi connectivity index (χ1) is 9.76. The maximum Gasteiger partial charge on any atom is 0.146 e. The van der Waals surface area contributed by atoms with Gasteiger partial charge < -0.3 is 14.9 Å². The fourth-order valence-corrected chi connectivity index (χ4v) is 2.12. The predicted octanol–water partition coefficient (Wildman–Crippen LogP) is 3.61. The van der Waals surface area contributed by atoms with Gasteiger partial charge in [-0.3, -0.25) is 0 Å². The molecule has 0 spiro atoms. The van der Waals surface area contributed by atoms with Crippen LogP contribution in [0.4, 0.5) is 4.39 Å². The van der Waals surface area contributed by atoms with Gasteiger partial charge >= 0.3 is 0 Å². The second kappa shape index (κ2) is 5.35. The van der Waals surface area contributed by atoms with Crippen molar-refractivity contribution < 1.29 is 13.5 Å². The van der Waals surface area contributed by atoms with E-state index in [2.05, 4.69) is 0 Å². The van der Waals surface area contributed by atoms with Gasteiger partial charge in [0.15, 0.2) is 0 Å². The highest BCUT2D eigenvalue weighted by molar-refractivity contribution is 5.81. The van der Waals surface area contributed by atoms with Gasteiger partial charge in [0.1, 0.15) is 29.5 Å². The van der Waals surface area contributed by atoms with E-state index in [0.717, 1.165) is 16.5 Å². The molecule has 3 aromatic rings. The third-order valence-electron chi connectivity index (χ3n) is 3.07. The monoisotopic (exact) mass is 271 g/mol. The summed E-state index contributed by atoms with van der Waals surface area (Å²) >= 11 is 0. The highest BCUT2D eigenvalue weighted by Crippen LogP contribution is 2.24. The molecule has 0 unspecified atom stereocenters. The van der Waals surface area contributed by atoms with Gasteiger partial charge in [-0.1, -0.05) is 24.3 Å². The number of hydrogen-bond acceptors (Lipinski definition) is 3. The van der Waals surface area contributed by atoms with Crippen molar-refractivity contribution >= 4 is 11.0 Å². The van der Waals surface area contributed by atoms with Gasteiger partial charge in [-0.2, -0.15) is 0 Å². The Morgan fingerprint density at radius 3 is 2.75 bits per heavy atom. The standard InChI is InChI=1S/C16H14FNO2/c17-13-5-2-6-14(8-13)19-10-15-7-11-3-1-4-12(9-18)16(11)20-15/h1-8H,9-10,18H2. The van der Waals surface area contributed by atoms with Gasteiger partial charge in [0, 0.05) is 23.6 Å². The third-order valence-corrected chi connectivity index (χ3v) is 3.07. The molecule has 1 heterocycles. The number of nitrogens with two attached hydrogens (primary N) is 1. The van der Waals surface area contributed by atoms with E-state index >= 15 is 0 Å². The van der Waals surface area contributed by atoms with Crippen molar-refractivity contribution in [3.8, 4) is 5.75 Å². The van der Waals surface area contributed by atoms with Crippen molar-refractivity contribution in [2.75, 3.05) is 0 Å². The number of fused-ring (bicyclic) bond motifs is 1. The normalized spacial score (nSPS) is 10.9. The van der Waals surface area contributed by atoms with E-state index in [1.165, 1.54) is 12.1 Å². The molecular formula is C16H14FNO2. The Morgan fingerprint density at radius 2 is 1.95 bits per heavy atom. The summed E-state index contributed by atoms with van der Waals surface area (Å²) in [7, 11) is 0. The van der Waals surface area contributed by atoms with Crippen LogP contribution in [-0.2, 0) is 13.2 Å². The number of halogens is 1. The van der Waals surface area contributed by atoms with Gasteiger partial charge in [-0.15, -0.1) is 0 Å². The smallest absolute Gasteiger partial charge is 0.146 e. The van der Waals surface area contributed by atoms with E-state index in [1.807, 2.05) is 24.3 Å². The zero-order valence-electron chi connectivity index (χ0n) is 10.8. The Balaban J connectivity index is 1.81. The molecule has 0 fully saturated rings. The van der Waals surface area contributed by atoms with Crippen molar-refractivity contribution in [1.29, 1.82) is 0 Å². The number of para-hydroxylation sites is 1. The molecule has 0 saturated carbocycles. The molecule has 0 aliphatic carbocycles. The van der Waals surface area contributed by atoms with Gasteiger partial charge in [-0.05, 0) is 18.2 Å². The molecule has 0 aliphatic heterocycles. The van der Waals surface area contributed by atoms with E-state index in [-0.39, 0.29) is 12.4 Å². The summed E-state index contributed by atoms with van der Waals surface area (Å²) in [6.07, 6.45) is 0. The Labute approximate surface area is 115 Å². The molecule has 3 rings (SSSR count). The first-order valence-electron chi connectivity index (χ1n) is 6.35. The predicted molar refractivity (Wildman–Crippen MR) is 74.8 cm³/mol. The molecule has 0 atom stereocenters. The molecule has 102 valence electrons. The fourth-order valence-electron chi connectivity index (χ4n) is 2.12. The topological polar surface area (TPSA) is 48.4 Å². The highest BCUT2D eigenvalue weighted by atomic mass is 19.1. The van der Waals surface area contributed by atoms with Crippen LogP contribution in [0.3, 0.4) is 0 Å². The maximum atomic E-state index is 13.0. The van der Waals surface area contributed by atoms with Crippen molar-refractivity contribution in [1.82, 2.24) is 0 Å². The summed E-state index contributed by atoms with van der Waals surface area (Å²) in [5.74, 6) is 0.840. The molecule has 3 nitrogen and oxygen atoms in total. The SMILES string of the molecule is NCc1cccc2cc(COc3cccc(F)c3)oc12. The second-order valence-electron chi connectivity index (χ2n) is 4.50. The minimum Gasteiger partial charge on any atom is -0.486 e. The molecule has 0 radical (unpaired) electrons. The summed E-state index contributed by atoms with van der Waals surface area (Å²) in [6, 6.07) is 13.8. The number of furan rings is 1. The maximum absolute atomic E-state index is 13.0. The van der Waals surface area contributed by atoms with Crippen LogP contribution >= 0.6 is 0 Å². The number of ether oxygens (including phenoxy) is 1. The molecule has 1 aromatic heterocycles. The molecule has 0 bridgehead atoms. The van der Waals surface area contributed by atoms with Crippen LogP contribution < -0.4 is 10.5 Å². The van der Waals surface area contributed by atoms with Crippen molar-refractivity contribution in [2.45, 2.75) is 13.2 Å². The van der Waals surface area contributed by atoms with Crippen molar-refractivity contribution in [3.05, 3.63) is 65.7 Å². The molecule has 0 amide bonds. The first kappa shape index (κ1) is 12.7. The minimum absolute atomic E-state index is 0.252. The second-order valence-corrected chi connectivity index (χ2v) is 4.50. The Kier molecular flexibility index (Phi) is 3.39. The Morgan fingerprint density at radius 1 is 1.10 bits per heavy atom. The first-order valence-corrected chi connectivity index (χ1v) is 6.35. The zero-order chi connectivity index (χ0) is 13.9. The van der Waals surface area contributed by atoms with Crippen LogP contribution in [0.25, 0.3) is 11.0 Å². The quantitative estimate of drug-likeness (QED) is 0.788. The van der Waals surface area contributed by atoms with Crippen molar-refractivity contribution in [2.24, 2.45) is 5.73 Å². The molecule has 0 aliphatic rings. The largest absolute Gasteiger partial charge is 0.486 e. The summed E-state index contributed by atoms with van der Waals surface area (Å²) < 4.78 is 24.3. The molecular weight excluding hydrogens is 257 g/mol. The average Bonchev–Trinajstić information content (AvgIpc) is 2.88. The van der Waals surface area contributed by atoms with E-state index in [0.29, 0.717) is 18.1 Å². The fraction of sp³-hybridized carbons (Fsp3) is 0.125. The van der Waals surface area contributed by atoms with E-state index in [1.54, 1.807) is 12.1 Å². The summed E-state index contributed by atoms with van der Waals surface area (Å²) in [6.45, 7) is 0.678. The number of benzene rings is 2. The van der Waals surface area contributed by atoms with Crippen LogP contribution in [0.1, 0.15) is 11.3 Å². The lowest BCUT2D eigenvalue weighted by atomic mass is 10.1. The lowest BCUT2D eigenvalue weighted by Gasteiger charge is -2.03. The lowest BCUT2D eigenvalue weighted by Crippen LogP contribution is -1.96. The van der Waals surface area contributed by atoms with Crippen LogP contribution in [-0.4, -0.2) is 0 Å². The number of hydrogen-bond donors (Lipinski definition) is 1. The van der Waals surface area contributed by atoms with E-state index < -0.39 is 0 Å². The van der Waals surface area contributed by atoms with E-state index in [4.69, 9.17) is 14.9 Å². The van der Waals surface area contributed by atoms with Gasteiger partial charge in [0.05, 0.1) is 0 Å². The zero-order valence-corrected chi connectivity index (χ0v) is 10.8. The number of rotatable bonds is 4. The van der Waals surface area contributed by atoms with Crippen LogP contribution in [0, 0.1) is 5.82 Å². The summed E-state index contributed by atoms with van der Waals surface area (Å²) in [5.41, 5.74) is 7.42. The van der Waals surface area contributed by atoms with Crippen LogP contribution in [0.2, 0.25) is 0 Å². The van der Waals surface area contributed by atoms with E-state index in [9.17, 15) is 4.39 Å². The van der Waals surface area contributed by atoms with Gasteiger partial charge in [-0.25, -0.2) is 4.39 Å². The Bertz CT molecular complexity index is 736. The minimum atomic E-state index is -0.322. The molecule has 20 heavy (non-hydrogen) atoms. The molecule has 2 N–H and O–H groups in total. The average molecular weight is 271 g/mol. The van der Waals surface area contributed by atoms with Gasteiger partial charge in [0.2, 0.25) is 0 Å². The summed E-state index contributed by atoms with van der Waals surface area (Å²) in [5, 5.41) is 0.991. The molecule has 0 saturated heterocycles. The van der Waals surface area contributed by atoms with Crippen molar-refractivity contribution in [3.63, 3.8) is 0 Å². The Hall–Kier alpha value is -2.33. The van der Waals surface area contributed by atoms with Crippen LogP contribution in [0.15, 0.2) is 52.9 Å².